The van der Waals surface area contributed by atoms with Crippen molar-refractivity contribution < 1.29 is 14.9 Å². The van der Waals surface area contributed by atoms with E-state index < -0.39 is 23.7 Å². The zero-order valence-corrected chi connectivity index (χ0v) is 11.5. The van der Waals surface area contributed by atoms with Gasteiger partial charge in [-0.2, -0.15) is 10.4 Å². The van der Waals surface area contributed by atoms with Crippen LogP contribution in [0.25, 0.3) is 5.52 Å². The van der Waals surface area contributed by atoms with Crippen LogP contribution >= 0.6 is 0 Å². The second-order valence-corrected chi connectivity index (χ2v) is 5.42. The van der Waals surface area contributed by atoms with Crippen LogP contribution < -0.4 is 5.73 Å². The smallest absolute Gasteiger partial charge is 0.121 e. The summed E-state index contributed by atoms with van der Waals surface area (Å²) in [6.07, 6.45) is -1.02. The highest BCUT2D eigenvalue weighted by molar-refractivity contribution is 5.69. The van der Waals surface area contributed by atoms with Crippen LogP contribution in [0.3, 0.4) is 0 Å². The number of aliphatic hydroxyl groups is 2. The Morgan fingerprint density at radius 1 is 1.52 bits per heavy atom. The minimum Gasteiger partial charge on any atom is -0.397 e. The topological polar surface area (TPSA) is 117 Å². The van der Waals surface area contributed by atoms with E-state index >= 15 is 0 Å². The molecule has 7 nitrogen and oxygen atoms in total. The number of hydrogen-bond donors (Lipinski definition) is 3. The molecule has 21 heavy (non-hydrogen) atoms. The molecule has 1 saturated heterocycles. The van der Waals surface area contributed by atoms with Crippen LogP contribution in [0.5, 0.6) is 0 Å². The molecule has 3 rings (SSSR count). The van der Waals surface area contributed by atoms with Gasteiger partial charge in [-0.05, 0) is 25.1 Å². The number of ether oxygens (including phenoxy) is 1. The molecule has 2 aromatic rings. The minimum absolute atomic E-state index is 0.353. The number of nitrogens with zero attached hydrogens (tertiary/aromatic N) is 3. The zero-order chi connectivity index (χ0) is 15.2. The molecule has 0 aromatic carbocycles. The fourth-order valence-electron chi connectivity index (χ4n) is 2.83. The molecule has 0 amide bonds. The number of aliphatic hydroxyl groups excluding tert-OH is 2. The summed E-state index contributed by atoms with van der Waals surface area (Å²) in [6.45, 7) is 1.26. The van der Waals surface area contributed by atoms with Gasteiger partial charge in [-0.15, -0.1) is 0 Å². The number of rotatable bonds is 2. The van der Waals surface area contributed by atoms with Gasteiger partial charge < -0.3 is 20.7 Å². The Morgan fingerprint density at radius 3 is 2.95 bits per heavy atom. The van der Waals surface area contributed by atoms with Crippen molar-refractivity contribution in [3.63, 3.8) is 0 Å². The van der Waals surface area contributed by atoms with Gasteiger partial charge in [0.2, 0.25) is 0 Å². The van der Waals surface area contributed by atoms with Gasteiger partial charge in [0, 0.05) is 6.20 Å². The summed E-state index contributed by atoms with van der Waals surface area (Å²) < 4.78 is 7.30. The minimum atomic E-state index is -1.17. The van der Waals surface area contributed by atoms with Crippen molar-refractivity contribution in [2.24, 2.45) is 5.41 Å². The van der Waals surface area contributed by atoms with E-state index in [1.807, 2.05) is 0 Å². The first-order valence-corrected chi connectivity index (χ1v) is 6.60. The Hall–Kier alpha value is -2.14. The maximum absolute atomic E-state index is 10.2. The van der Waals surface area contributed by atoms with Crippen LogP contribution in [0.4, 0.5) is 5.69 Å². The summed E-state index contributed by atoms with van der Waals surface area (Å²) in [5.74, 6) is 0. The molecule has 4 atom stereocenters. The molecule has 1 aliphatic rings. The van der Waals surface area contributed by atoms with Crippen LogP contribution in [0, 0.1) is 16.7 Å². The van der Waals surface area contributed by atoms with Crippen LogP contribution in [0.2, 0.25) is 0 Å². The first-order valence-electron chi connectivity index (χ1n) is 6.60. The maximum Gasteiger partial charge on any atom is 0.121 e. The Bertz CT molecular complexity index is 723. The highest BCUT2D eigenvalue weighted by Crippen LogP contribution is 2.47. The molecule has 1 aliphatic heterocycles. The van der Waals surface area contributed by atoms with Crippen molar-refractivity contribution in [1.29, 1.82) is 5.26 Å². The number of nitrogens with two attached hydrogens (primary N) is 1. The average molecular weight is 288 g/mol. The van der Waals surface area contributed by atoms with Crippen LogP contribution in [-0.4, -0.2) is 38.6 Å². The molecule has 4 N–H and O–H groups in total. The van der Waals surface area contributed by atoms with Crippen molar-refractivity contribution in [2.75, 3.05) is 12.3 Å². The second-order valence-electron chi connectivity index (χ2n) is 5.42. The van der Waals surface area contributed by atoms with Gasteiger partial charge in [-0.3, -0.25) is 0 Å². The number of hydrogen-bond acceptors (Lipinski definition) is 6. The van der Waals surface area contributed by atoms with Crippen molar-refractivity contribution >= 4 is 11.2 Å². The highest BCUT2D eigenvalue weighted by Gasteiger charge is 2.54. The number of aromatic nitrogens is 2. The number of fused-ring (bicyclic) bond motifs is 1. The lowest BCUT2D eigenvalue weighted by molar-refractivity contribution is -0.0241. The van der Waals surface area contributed by atoms with Gasteiger partial charge in [-0.25, -0.2) is 4.52 Å². The summed E-state index contributed by atoms with van der Waals surface area (Å²) in [5.41, 5.74) is 6.61. The normalized spacial score (nSPS) is 32.4. The highest BCUT2D eigenvalue weighted by atomic mass is 16.5. The molecular formula is C14H16N4O3. The molecule has 0 spiro atoms. The van der Waals surface area contributed by atoms with Crippen molar-refractivity contribution in [2.45, 2.75) is 25.2 Å². The largest absolute Gasteiger partial charge is 0.397 e. The molecule has 3 heterocycles. The quantitative estimate of drug-likeness (QED) is 0.728. The third-order valence-corrected chi connectivity index (χ3v) is 4.13. The summed E-state index contributed by atoms with van der Waals surface area (Å²) in [6, 6.07) is 7.36. The molecule has 0 saturated carbocycles. The van der Waals surface area contributed by atoms with Gasteiger partial charge in [-0.1, -0.05) is 0 Å². The van der Waals surface area contributed by atoms with E-state index in [9.17, 15) is 15.5 Å². The third kappa shape index (κ3) is 1.81. The van der Waals surface area contributed by atoms with Crippen LogP contribution in [-0.2, 0) is 4.74 Å². The van der Waals surface area contributed by atoms with Crippen molar-refractivity contribution in [1.82, 2.24) is 9.61 Å². The van der Waals surface area contributed by atoms with Gasteiger partial charge >= 0.3 is 0 Å². The maximum atomic E-state index is 10.2. The van der Waals surface area contributed by atoms with Crippen LogP contribution in [0.1, 0.15) is 18.7 Å². The second kappa shape index (κ2) is 4.70. The lowest BCUT2D eigenvalue weighted by Gasteiger charge is -2.24. The molecule has 110 valence electrons. The molecular weight excluding hydrogens is 272 g/mol. The molecule has 0 radical (unpaired) electrons. The number of nitriles is 1. The molecule has 0 aliphatic carbocycles. The first kappa shape index (κ1) is 13.8. The van der Waals surface area contributed by atoms with Crippen molar-refractivity contribution in [3.8, 4) is 6.07 Å². The summed E-state index contributed by atoms with van der Waals surface area (Å²) >= 11 is 0. The standard InChI is InChI=1S/C14H16N4O3/c1-14(7-15)12(20)11(6-19)21-13(14)10-3-2-9-8(16)4-5-17-18(9)10/h2-5,11-13,19-20H,6,16H2,1H3/t11-,12-,13+,14-/m1/s1. The summed E-state index contributed by atoms with van der Waals surface area (Å²) in [7, 11) is 0. The summed E-state index contributed by atoms with van der Waals surface area (Å²) in [4.78, 5) is 0. The number of nitrogen functional groups attached to an aromatic ring is 1. The SMILES string of the molecule is C[C@@]1(C#N)[C@H](O)[C@@H](CO)O[C@H]1c1ccc2c(N)ccnn12. The first-order chi connectivity index (χ1) is 10.0. The van der Waals surface area contributed by atoms with E-state index in [2.05, 4.69) is 11.2 Å². The predicted octanol–water partition coefficient (Wildman–Crippen LogP) is 0.239. The Kier molecular flexibility index (Phi) is 3.10. The molecule has 2 aromatic heterocycles. The molecule has 0 unspecified atom stereocenters. The predicted molar refractivity (Wildman–Crippen MR) is 74.0 cm³/mol. The Labute approximate surface area is 121 Å². The van der Waals surface area contributed by atoms with Gasteiger partial charge in [0.1, 0.15) is 23.7 Å². The van der Waals surface area contributed by atoms with Crippen LogP contribution in [0.15, 0.2) is 24.4 Å². The lowest BCUT2D eigenvalue weighted by Crippen LogP contribution is -2.36. The Morgan fingerprint density at radius 2 is 2.29 bits per heavy atom. The van der Waals surface area contributed by atoms with Gasteiger partial charge in [0.25, 0.3) is 0 Å². The monoisotopic (exact) mass is 288 g/mol. The Balaban J connectivity index is 2.14. The van der Waals surface area contributed by atoms with E-state index in [-0.39, 0.29) is 6.61 Å². The van der Waals surface area contributed by atoms with E-state index in [1.54, 1.807) is 35.8 Å². The third-order valence-electron chi connectivity index (χ3n) is 4.13. The van der Waals surface area contributed by atoms with E-state index in [0.717, 1.165) is 0 Å². The zero-order valence-electron chi connectivity index (χ0n) is 11.5. The van der Waals surface area contributed by atoms with E-state index in [4.69, 9.17) is 10.5 Å². The van der Waals surface area contributed by atoms with E-state index in [1.165, 1.54) is 0 Å². The fourth-order valence-corrected chi connectivity index (χ4v) is 2.83. The lowest BCUT2D eigenvalue weighted by atomic mass is 9.79. The molecule has 1 fully saturated rings. The van der Waals surface area contributed by atoms with E-state index in [0.29, 0.717) is 16.9 Å². The molecule has 7 heteroatoms. The summed E-state index contributed by atoms with van der Waals surface area (Å²) in [5, 5.41) is 33.2. The van der Waals surface area contributed by atoms with Gasteiger partial charge in [0.15, 0.2) is 0 Å². The fraction of sp³-hybridized carbons (Fsp3) is 0.429. The number of anilines is 1. The average Bonchev–Trinajstić information content (AvgIpc) is 3.01. The molecule has 0 bridgehead atoms. The van der Waals surface area contributed by atoms with Gasteiger partial charge in [0.05, 0.1) is 29.6 Å². The van der Waals surface area contributed by atoms with Crippen molar-refractivity contribution in [3.05, 3.63) is 30.1 Å².